The zero-order valence-electron chi connectivity index (χ0n) is 19.7. The van der Waals surface area contributed by atoms with Crippen LogP contribution in [0, 0.1) is 0 Å². The fraction of sp³-hybridized carbons (Fsp3) is 0.500. The zero-order chi connectivity index (χ0) is 22.8. The molecule has 3 heterocycles. The highest BCUT2D eigenvalue weighted by molar-refractivity contribution is 6.02. The second-order valence-electron chi connectivity index (χ2n) is 9.69. The first-order valence-corrected chi connectivity index (χ1v) is 12.5. The van der Waals surface area contributed by atoms with Crippen molar-refractivity contribution < 1.29 is 14.3 Å². The molecule has 0 fully saturated rings. The van der Waals surface area contributed by atoms with E-state index >= 15 is 0 Å². The van der Waals surface area contributed by atoms with E-state index in [1.807, 2.05) is 11.0 Å². The Morgan fingerprint density at radius 2 is 1.76 bits per heavy atom. The van der Waals surface area contributed by atoms with E-state index in [0.29, 0.717) is 12.8 Å². The van der Waals surface area contributed by atoms with E-state index in [1.165, 1.54) is 28.7 Å². The monoisotopic (exact) mass is 446 g/mol. The predicted octanol–water partition coefficient (Wildman–Crippen LogP) is 4.72. The number of fused-ring (bicyclic) bond motifs is 1. The number of carbonyl (C=O) groups excluding carboxylic acids is 2. The van der Waals surface area contributed by atoms with E-state index in [1.54, 1.807) is 7.11 Å². The highest BCUT2D eigenvalue weighted by Gasteiger charge is 2.31. The fourth-order valence-electron chi connectivity index (χ4n) is 5.68. The van der Waals surface area contributed by atoms with Crippen molar-refractivity contribution in [3.05, 3.63) is 58.1 Å². The molecule has 5 nitrogen and oxygen atoms in total. The summed E-state index contributed by atoms with van der Waals surface area (Å²) in [5, 5.41) is 0. The van der Waals surface area contributed by atoms with Crippen molar-refractivity contribution >= 4 is 17.4 Å². The number of anilines is 1. The van der Waals surface area contributed by atoms with Gasteiger partial charge in [-0.3, -0.25) is 14.5 Å². The molecule has 33 heavy (non-hydrogen) atoms. The van der Waals surface area contributed by atoms with Gasteiger partial charge in [0, 0.05) is 31.5 Å². The third-order valence-electron chi connectivity index (χ3n) is 7.48. The topological polar surface area (TPSA) is 49.9 Å². The number of rotatable bonds is 8. The van der Waals surface area contributed by atoms with Crippen molar-refractivity contribution in [1.82, 2.24) is 4.90 Å². The molecule has 0 aliphatic carbocycles. The van der Waals surface area contributed by atoms with Gasteiger partial charge in [0.1, 0.15) is 5.75 Å². The molecule has 3 aliphatic heterocycles. The van der Waals surface area contributed by atoms with E-state index < -0.39 is 0 Å². The van der Waals surface area contributed by atoms with Gasteiger partial charge in [0.05, 0.1) is 12.8 Å². The molecule has 1 amide bonds. The summed E-state index contributed by atoms with van der Waals surface area (Å²) in [5.41, 5.74) is 7.15. The lowest BCUT2D eigenvalue weighted by molar-refractivity contribution is -0.118. The van der Waals surface area contributed by atoms with Crippen LogP contribution in [0.2, 0.25) is 0 Å². The number of hydrogen-bond donors (Lipinski definition) is 0. The van der Waals surface area contributed by atoms with Gasteiger partial charge < -0.3 is 9.64 Å². The van der Waals surface area contributed by atoms with Crippen LogP contribution in [0.5, 0.6) is 5.75 Å². The van der Waals surface area contributed by atoms with Crippen LogP contribution in [0.25, 0.3) is 0 Å². The van der Waals surface area contributed by atoms with Crippen LogP contribution in [0.15, 0.2) is 30.3 Å². The Balaban J connectivity index is 1.10. The van der Waals surface area contributed by atoms with Gasteiger partial charge in [-0.15, -0.1) is 0 Å². The molecule has 5 heteroatoms. The van der Waals surface area contributed by atoms with Crippen LogP contribution in [0.4, 0.5) is 5.69 Å². The number of benzene rings is 2. The first kappa shape index (κ1) is 22.1. The maximum absolute atomic E-state index is 12.9. The van der Waals surface area contributed by atoms with Gasteiger partial charge in [-0.2, -0.15) is 0 Å². The Morgan fingerprint density at radius 3 is 2.61 bits per heavy atom. The summed E-state index contributed by atoms with van der Waals surface area (Å²) < 4.78 is 5.38. The predicted molar refractivity (Wildman–Crippen MR) is 130 cm³/mol. The largest absolute Gasteiger partial charge is 0.497 e. The SMILES string of the molecule is COc1ccc2c(c1)CCCN(CCCCCC(=O)c1cc3c4c(c1)CCN4C(=O)CC3)C2. The van der Waals surface area contributed by atoms with Gasteiger partial charge in [-0.1, -0.05) is 12.5 Å². The average molecular weight is 447 g/mol. The molecule has 0 atom stereocenters. The minimum Gasteiger partial charge on any atom is -0.497 e. The van der Waals surface area contributed by atoms with Crippen LogP contribution in [0.3, 0.4) is 0 Å². The number of carbonyl (C=O) groups is 2. The minimum atomic E-state index is 0.230. The molecule has 2 aromatic rings. The third-order valence-corrected chi connectivity index (χ3v) is 7.48. The standard InChI is InChI=1S/C28H34N2O3/c1-33-25-10-8-23-19-29(14-5-6-20(23)18-25)13-4-2-3-7-26(31)24-16-21-9-11-27(32)30-15-12-22(17-24)28(21)30/h8,10,16-18H,2-7,9,11-15,19H2,1H3. The van der Waals surface area contributed by atoms with E-state index in [2.05, 4.69) is 29.2 Å². The molecule has 0 aromatic heterocycles. The fourth-order valence-corrected chi connectivity index (χ4v) is 5.68. The normalized spacial score (nSPS) is 17.5. The van der Waals surface area contributed by atoms with Gasteiger partial charge in [0.15, 0.2) is 5.78 Å². The van der Waals surface area contributed by atoms with Gasteiger partial charge in [-0.25, -0.2) is 0 Å². The summed E-state index contributed by atoms with van der Waals surface area (Å²) in [7, 11) is 1.73. The summed E-state index contributed by atoms with van der Waals surface area (Å²) in [6.45, 7) is 4.00. The van der Waals surface area contributed by atoms with Crippen LogP contribution in [-0.2, 0) is 30.6 Å². The maximum Gasteiger partial charge on any atom is 0.227 e. The molecular weight excluding hydrogens is 412 g/mol. The third kappa shape index (κ3) is 4.70. The van der Waals surface area contributed by atoms with Crippen molar-refractivity contribution in [2.24, 2.45) is 0 Å². The molecule has 0 radical (unpaired) electrons. The Kier molecular flexibility index (Phi) is 6.50. The number of methoxy groups -OCH3 is 1. The van der Waals surface area contributed by atoms with Crippen molar-refractivity contribution in [2.45, 2.75) is 64.3 Å². The van der Waals surface area contributed by atoms with E-state index in [4.69, 9.17) is 4.74 Å². The Hall–Kier alpha value is -2.66. The number of Topliss-reactive ketones (excluding diaryl/α,β-unsaturated/α-hetero) is 1. The molecule has 0 spiro atoms. The van der Waals surface area contributed by atoms with Crippen LogP contribution >= 0.6 is 0 Å². The Labute approximate surface area is 196 Å². The lowest BCUT2D eigenvalue weighted by atomic mass is 9.94. The molecule has 0 unspecified atom stereocenters. The average Bonchev–Trinajstić information content (AvgIpc) is 3.16. The number of aryl methyl sites for hydroxylation is 2. The lowest BCUT2D eigenvalue weighted by Crippen LogP contribution is -2.32. The molecule has 2 aromatic carbocycles. The summed E-state index contributed by atoms with van der Waals surface area (Å²) >= 11 is 0. The van der Waals surface area contributed by atoms with Crippen LogP contribution < -0.4 is 9.64 Å². The quantitative estimate of drug-likeness (QED) is 0.435. The van der Waals surface area contributed by atoms with E-state index in [9.17, 15) is 9.59 Å². The molecule has 0 bridgehead atoms. The molecular formula is C28H34N2O3. The summed E-state index contributed by atoms with van der Waals surface area (Å²) in [6, 6.07) is 10.6. The number of unbranched alkanes of at least 4 members (excludes halogenated alkanes) is 2. The van der Waals surface area contributed by atoms with E-state index in [-0.39, 0.29) is 11.7 Å². The molecule has 3 aliphatic rings. The zero-order valence-corrected chi connectivity index (χ0v) is 19.7. The maximum atomic E-state index is 12.9. The van der Waals surface area contributed by atoms with Gasteiger partial charge >= 0.3 is 0 Å². The van der Waals surface area contributed by atoms with Crippen molar-refractivity contribution in [2.75, 3.05) is 31.6 Å². The van der Waals surface area contributed by atoms with Crippen LogP contribution in [-0.4, -0.2) is 43.3 Å². The van der Waals surface area contributed by atoms with Crippen molar-refractivity contribution in [3.8, 4) is 5.75 Å². The second-order valence-corrected chi connectivity index (χ2v) is 9.69. The first-order valence-electron chi connectivity index (χ1n) is 12.5. The molecule has 0 saturated carbocycles. The second kappa shape index (κ2) is 9.68. The highest BCUT2D eigenvalue weighted by Crippen LogP contribution is 2.37. The Bertz CT molecular complexity index is 1060. The van der Waals surface area contributed by atoms with Crippen molar-refractivity contribution in [1.29, 1.82) is 0 Å². The number of ether oxygens (including phenoxy) is 1. The molecule has 0 saturated heterocycles. The summed E-state index contributed by atoms with van der Waals surface area (Å²) in [6.07, 6.45) is 8.28. The highest BCUT2D eigenvalue weighted by atomic mass is 16.5. The first-order chi connectivity index (χ1) is 16.1. The summed E-state index contributed by atoms with van der Waals surface area (Å²) in [5.74, 6) is 1.43. The Morgan fingerprint density at radius 1 is 0.909 bits per heavy atom. The number of ketones is 1. The van der Waals surface area contributed by atoms with Gasteiger partial charge in [0.2, 0.25) is 5.91 Å². The molecule has 174 valence electrons. The smallest absolute Gasteiger partial charge is 0.227 e. The van der Waals surface area contributed by atoms with Crippen molar-refractivity contribution in [3.63, 3.8) is 0 Å². The van der Waals surface area contributed by atoms with Crippen LogP contribution in [0.1, 0.15) is 71.1 Å². The summed E-state index contributed by atoms with van der Waals surface area (Å²) in [4.78, 5) is 29.5. The molecule has 5 rings (SSSR count). The lowest BCUT2D eigenvalue weighted by Gasteiger charge is -2.25. The number of nitrogens with zero attached hydrogens (tertiary/aromatic N) is 2. The number of amides is 1. The van der Waals surface area contributed by atoms with E-state index in [0.717, 1.165) is 81.7 Å². The van der Waals surface area contributed by atoms with Gasteiger partial charge in [0.25, 0.3) is 0 Å². The number of hydrogen-bond acceptors (Lipinski definition) is 4. The van der Waals surface area contributed by atoms with Gasteiger partial charge in [-0.05, 0) is 98.1 Å². The molecule has 0 N–H and O–H groups in total. The minimum absolute atomic E-state index is 0.230.